The summed E-state index contributed by atoms with van der Waals surface area (Å²) in [4.78, 5) is 14.8. The summed E-state index contributed by atoms with van der Waals surface area (Å²) >= 11 is 0. The van der Waals surface area contributed by atoms with Crippen molar-refractivity contribution >= 4 is 0 Å². The van der Waals surface area contributed by atoms with Crippen LogP contribution in [0.5, 0.6) is 0 Å². The second-order valence-corrected chi connectivity index (χ2v) is 9.29. The highest BCUT2D eigenvalue weighted by Crippen LogP contribution is 2.22. The standard InChI is InChI=1S/C24H40N6/c1-22(2)27-16-8-23(9-17-27)28-13-6-15-30(20-19-28)24-7-3-4-12-29(24)14-5-11-26-18-10-25-21-26/h3-4,7,10,18,21-23H,5-6,8-9,11-17,19-20H2,1-2H3. The van der Waals surface area contributed by atoms with Crippen LogP contribution in [0.2, 0.25) is 0 Å². The summed E-state index contributed by atoms with van der Waals surface area (Å²) in [5.41, 5.74) is 0. The molecule has 0 radical (unpaired) electrons. The maximum absolute atomic E-state index is 4.16. The van der Waals surface area contributed by atoms with Crippen LogP contribution in [0.4, 0.5) is 0 Å². The van der Waals surface area contributed by atoms with E-state index >= 15 is 0 Å². The number of allylic oxidation sites excluding steroid dienone is 2. The zero-order chi connectivity index (χ0) is 20.8. The maximum atomic E-state index is 4.16. The van der Waals surface area contributed by atoms with E-state index in [4.69, 9.17) is 0 Å². The highest BCUT2D eigenvalue weighted by Gasteiger charge is 2.28. The number of likely N-dealkylation sites (tertiary alicyclic amines) is 1. The first-order valence-electron chi connectivity index (χ1n) is 12.0. The smallest absolute Gasteiger partial charge is 0.104 e. The molecule has 0 bridgehead atoms. The van der Waals surface area contributed by atoms with Gasteiger partial charge in [0.2, 0.25) is 0 Å². The van der Waals surface area contributed by atoms with E-state index in [1.165, 1.54) is 57.8 Å². The van der Waals surface area contributed by atoms with Gasteiger partial charge < -0.3 is 19.3 Å². The molecule has 1 aromatic heterocycles. The Bertz CT molecular complexity index is 687. The predicted molar refractivity (Wildman–Crippen MR) is 123 cm³/mol. The Labute approximate surface area is 182 Å². The van der Waals surface area contributed by atoms with Crippen LogP contribution >= 0.6 is 0 Å². The number of hydrogen-bond donors (Lipinski definition) is 0. The van der Waals surface area contributed by atoms with Gasteiger partial charge in [0.05, 0.1) is 6.33 Å². The predicted octanol–water partition coefficient (Wildman–Crippen LogP) is 2.87. The largest absolute Gasteiger partial charge is 0.357 e. The highest BCUT2D eigenvalue weighted by molar-refractivity contribution is 5.17. The van der Waals surface area contributed by atoms with E-state index in [-0.39, 0.29) is 0 Å². The Morgan fingerprint density at radius 1 is 1.03 bits per heavy atom. The molecule has 0 unspecified atom stereocenters. The Hall–Kier alpha value is -1.79. The van der Waals surface area contributed by atoms with Crippen LogP contribution in [-0.2, 0) is 6.54 Å². The molecule has 3 aliphatic heterocycles. The van der Waals surface area contributed by atoms with Crippen molar-refractivity contribution in [3.63, 3.8) is 0 Å². The van der Waals surface area contributed by atoms with Gasteiger partial charge in [-0.15, -0.1) is 0 Å². The van der Waals surface area contributed by atoms with E-state index in [1.807, 2.05) is 12.5 Å². The summed E-state index contributed by atoms with van der Waals surface area (Å²) in [6.45, 7) is 15.2. The molecular formula is C24H40N6. The van der Waals surface area contributed by atoms with Crippen LogP contribution in [0.25, 0.3) is 0 Å². The molecule has 166 valence electrons. The Morgan fingerprint density at radius 3 is 2.67 bits per heavy atom. The third-order valence-corrected chi connectivity index (χ3v) is 7.03. The van der Waals surface area contributed by atoms with Crippen molar-refractivity contribution < 1.29 is 0 Å². The minimum absolute atomic E-state index is 0.691. The van der Waals surface area contributed by atoms with E-state index in [0.717, 1.165) is 38.6 Å². The van der Waals surface area contributed by atoms with Crippen LogP contribution in [0, 0.1) is 0 Å². The molecule has 6 nitrogen and oxygen atoms in total. The Morgan fingerprint density at radius 2 is 1.90 bits per heavy atom. The Kier molecular flexibility index (Phi) is 7.50. The summed E-state index contributed by atoms with van der Waals surface area (Å²) in [7, 11) is 0. The third-order valence-electron chi connectivity index (χ3n) is 7.03. The van der Waals surface area contributed by atoms with Crippen LogP contribution in [-0.4, -0.2) is 93.6 Å². The van der Waals surface area contributed by atoms with Crippen molar-refractivity contribution in [2.75, 3.05) is 52.4 Å². The van der Waals surface area contributed by atoms with Gasteiger partial charge in [-0.1, -0.05) is 12.2 Å². The lowest BCUT2D eigenvalue weighted by Crippen LogP contribution is -2.48. The summed E-state index contributed by atoms with van der Waals surface area (Å²) in [6, 6.07) is 1.48. The highest BCUT2D eigenvalue weighted by atomic mass is 15.4. The van der Waals surface area contributed by atoms with Gasteiger partial charge in [0.1, 0.15) is 5.82 Å². The molecule has 0 saturated carbocycles. The molecule has 2 fully saturated rings. The van der Waals surface area contributed by atoms with Gasteiger partial charge >= 0.3 is 0 Å². The number of piperidine rings is 1. The average Bonchev–Trinajstić information content (AvgIpc) is 3.17. The number of imidazole rings is 1. The van der Waals surface area contributed by atoms with Crippen molar-refractivity contribution in [3.8, 4) is 0 Å². The quantitative estimate of drug-likeness (QED) is 0.687. The average molecular weight is 413 g/mol. The molecule has 2 saturated heterocycles. The molecule has 4 heterocycles. The number of nitrogens with zero attached hydrogens (tertiary/aromatic N) is 6. The lowest BCUT2D eigenvalue weighted by Gasteiger charge is -2.40. The second kappa shape index (κ2) is 10.5. The topological polar surface area (TPSA) is 30.8 Å². The van der Waals surface area contributed by atoms with E-state index < -0.39 is 0 Å². The number of aryl methyl sites for hydroxylation is 1. The zero-order valence-corrected chi connectivity index (χ0v) is 19.0. The molecule has 30 heavy (non-hydrogen) atoms. The van der Waals surface area contributed by atoms with Crippen molar-refractivity contribution in [2.45, 2.75) is 58.2 Å². The van der Waals surface area contributed by atoms with E-state index in [1.54, 1.807) is 0 Å². The molecule has 0 atom stereocenters. The number of aromatic nitrogens is 2. The van der Waals surface area contributed by atoms with E-state index in [0.29, 0.717) is 6.04 Å². The molecular weight excluding hydrogens is 372 g/mol. The lowest BCUT2D eigenvalue weighted by molar-refractivity contribution is 0.0939. The van der Waals surface area contributed by atoms with E-state index in [2.05, 4.69) is 67.4 Å². The van der Waals surface area contributed by atoms with Gasteiger partial charge in [0, 0.05) is 70.3 Å². The van der Waals surface area contributed by atoms with Crippen molar-refractivity contribution in [1.82, 2.24) is 29.2 Å². The molecule has 0 amide bonds. The SMILES string of the molecule is CC(C)N1CCC(N2CCCN(C3=CC=CCN3CCCn3ccnc3)CC2)CC1. The maximum Gasteiger partial charge on any atom is 0.104 e. The fourth-order valence-corrected chi connectivity index (χ4v) is 5.21. The first-order chi connectivity index (χ1) is 14.7. The normalized spacial score (nSPS) is 22.6. The molecule has 0 aliphatic carbocycles. The summed E-state index contributed by atoms with van der Waals surface area (Å²) in [5, 5.41) is 0. The van der Waals surface area contributed by atoms with Crippen molar-refractivity contribution in [2.24, 2.45) is 0 Å². The first kappa shape index (κ1) is 21.4. The van der Waals surface area contributed by atoms with Crippen LogP contribution < -0.4 is 0 Å². The summed E-state index contributed by atoms with van der Waals surface area (Å²) < 4.78 is 2.18. The molecule has 0 spiro atoms. The van der Waals surface area contributed by atoms with E-state index in [9.17, 15) is 0 Å². The van der Waals surface area contributed by atoms with Gasteiger partial charge in [-0.25, -0.2) is 4.98 Å². The molecule has 1 aromatic rings. The third kappa shape index (κ3) is 5.46. The molecule has 3 aliphatic rings. The van der Waals surface area contributed by atoms with Crippen LogP contribution in [0.3, 0.4) is 0 Å². The van der Waals surface area contributed by atoms with Crippen molar-refractivity contribution in [1.29, 1.82) is 0 Å². The fourth-order valence-electron chi connectivity index (χ4n) is 5.21. The van der Waals surface area contributed by atoms with Gasteiger partial charge in [0.25, 0.3) is 0 Å². The minimum Gasteiger partial charge on any atom is -0.357 e. The van der Waals surface area contributed by atoms with Crippen molar-refractivity contribution in [3.05, 3.63) is 42.8 Å². The Balaban J connectivity index is 1.28. The van der Waals surface area contributed by atoms with Crippen LogP contribution in [0.1, 0.15) is 39.5 Å². The van der Waals surface area contributed by atoms with Gasteiger partial charge in [-0.2, -0.15) is 0 Å². The summed E-state index contributed by atoms with van der Waals surface area (Å²) in [6.07, 6.45) is 17.8. The molecule has 4 rings (SSSR count). The molecule has 0 aromatic carbocycles. The van der Waals surface area contributed by atoms with Crippen LogP contribution in [0.15, 0.2) is 42.8 Å². The monoisotopic (exact) mass is 412 g/mol. The second-order valence-electron chi connectivity index (χ2n) is 9.29. The lowest BCUT2D eigenvalue weighted by atomic mass is 10.0. The zero-order valence-electron chi connectivity index (χ0n) is 19.0. The van der Waals surface area contributed by atoms with Gasteiger partial charge in [0.15, 0.2) is 0 Å². The minimum atomic E-state index is 0.691. The molecule has 0 N–H and O–H groups in total. The first-order valence-corrected chi connectivity index (χ1v) is 12.0. The number of hydrogen-bond acceptors (Lipinski definition) is 5. The van der Waals surface area contributed by atoms with Gasteiger partial charge in [-0.3, -0.25) is 4.90 Å². The molecule has 6 heteroatoms. The number of rotatable bonds is 7. The van der Waals surface area contributed by atoms with Gasteiger partial charge in [-0.05, 0) is 58.7 Å². The summed E-state index contributed by atoms with van der Waals surface area (Å²) in [5.74, 6) is 1.43. The fraction of sp³-hybridized carbons (Fsp3) is 0.708.